The summed E-state index contributed by atoms with van der Waals surface area (Å²) in [7, 11) is 0. The molecule has 0 unspecified atom stereocenters. The Kier molecular flexibility index (Phi) is 4.96. The SMILES string of the molecule is Brc1cccc(Br)c1-c1nc2sc(-c3c(Br)cccc3Br)nc2s1. The zero-order valence-corrected chi connectivity index (χ0v) is 19.7. The first-order valence-corrected chi connectivity index (χ1v) is 11.5. The number of aromatic nitrogens is 2. The minimum atomic E-state index is 0.954. The Morgan fingerprint density at radius 2 is 0.917 bits per heavy atom. The van der Waals surface area contributed by atoms with Crippen LogP contribution in [0.4, 0.5) is 0 Å². The van der Waals surface area contributed by atoms with Gasteiger partial charge in [0.2, 0.25) is 0 Å². The molecule has 0 N–H and O–H groups in total. The van der Waals surface area contributed by atoms with Gasteiger partial charge >= 0.3 is 0 Å². The number of thiazole rings is 2. The number of halogens is 4. The smallest absolute Gasteiger partial charge is 0.155 e. The maximum atomic E-state index is 4.79. The monoisotopic (exact) mass is 606 g/mol. The summed E-state index contributed by atoms with van der Waals surface area (Å²) in [6.07, 6.45) is 0. The van der Waals surface area contributed by atoms with Crippen LogP contribution >= 0.6 is 86.4 Å². The fraction of sp³-hybridized carbons (Fsp3) is 0. The molecule has 2 aromatic heterocycles. The van der Waals surface area contributed by atoms with Gasteiger partial charge in [0.25, 0.3) is 0 Å². The van der Waals surface area contributed by atoms with Crippen molar-refractivity contribution in [1.82, 2.24) is 9.97 Å². The van der Waals surface area contributed by atoms with Crippen molar-refractivity contribution in [1.29, 1.82) is 0 Å². The van der Waals surface area contributed by atoms with Gasteiger partial charge in [-0.25, -0.2) is 9.97 Å². The maximum Gasteiger partial charge on any atom is 0.155 e. The van der Waals surface area contributed by atoms with Crippen LogP contribution in [0.5, 0.6) is 0 Å². The predicted molar refractivity (Wildman–Crippen MR) is 117 cm³/mol. The summed E-state index contributed by atoms with van der Waals surface area (Å²) in [5.74, 6) is 0. The van der Waals surface area contributed by atoms with E-state index in [9.17, 15) is 0 Å². The van der Waals surface area contributed by atoms with E-state index in [1.165, 1.54) is 0 Å². The van der Waals surface area contributed by atoms with Gasteiger partial charge in [-0.3, -0.25) is 0 Å². The van der Waals surface area contributed by atoms with Gasteiger partial charge in [0, 0.05) is 29.0 Å². The van der Waals surface area contributed by atoms with Gasteiger partial charge in [-0.15, -0.1) is 0 Å². The molecule has 2 heterocycles. The zero-order chi connectivity index (χ0) is 16.8. The summed E-state index contributed by atoms with van der Waals surface area (Å²) in [4.78, 5) is 11.5. The molecule has 24 heavy (non-hydrogen) atoms. The van der Waals surface area contributed by atoms with E-state index in [1.807, 2.05) is 36.4 Å². The summed E-state index contributed by atoms with van der Waals surface area (Å²) in [6, 6.07) is 12.1. The Labute approximate surface area is 179 Å². The van der Waals surface area contributed by atoms with E-state index in [0.29, 0.717) is 0 Å². The molecular formula is C16H6Br4N2S2. The van der Waals surface area contributed by atoms with Crippen molar-refractivity contribution in [2.45, 2.75) is 0 Å². The Morgan fingerprint density at radius 3 is 1.25 bits per heavy atom. The van der Waals surface area contributed by atoms with Gasteiger partial charge in [-0.05, 0) is 24.3 Å². The second-order valence-electron chi connectivity index (χ2n) is 4.84. The highest BCUT2D eigenvalue weighted by Gasteiger charge is 2.18. The summed E-state index contributed by atoms with van der Waals surface area (Å²) < 4.78 is 4.08. The molecule has 2 aromatic carbocycles. The van der Waals surface area contributed by atoms with Crippen molar-refractivity contribution in [3.8, 4) is 21.1 Å². The van der Waals surface area contributed by atoms with Gasteiger partial charge in [-0.1, -0.05) is 98.5 Å². The Morgan fingerprint density at radius 1 is 0.583 bits per heavy atom. The molecule has 0 bridgehead atoms. The highest BCUT2D eigenvalue weighted by atomic mass is 79.9. The maximum absolute atomic E-state index is 4.79. The molecule has 0 saturated carbocycles. The molecule has 0 aliphatic carbocycles. The number of hydrogen-bond donors (Lipinski definition) is 0. The molecule has 8 heteroatoms. The van der Waals surface area contributed by atoms with Crippen molar-refractivity contribution < 1.29 is 0 Å². The summed E-state index contributed by atoms with van der Waals surface area (Å²) in [5, 5.41) is 1.92. The fourth-order valence-corrected chi connectivity index (χ4v) is 7.72. The van der Waals surface area contributed by atoms with Gasteiger partial charge < -0.3 is 0 Å². The fourth-order valence-electron chi connectivity index (χ4n) is 2.26. The highest BCUT2D eigenvalue weighted by Crippen LogP contribution is 2.43. The lowest BCUT2D eigenvalue weighted by Crippen LogP contribution is -1.81. The lowest BCUT2D eigenvalue weighted by molar-refractivity contribution is 1.46. The van der Waals surface area contributed by atoms with Crippen molar-refractivity contribution >= 4 is 96.1 Å². The van der Waals surface area contributed by atoms with Crippen molar-refractivity contribution in [3.63, 3.8) is 0 Å². The first-order valence-electron chi connectivity index (χ1n) is 6.70. The third-order valence-corrected chi connectivity index (χ3v) is 8.04. The number of rotatable bonds is 2. The van der Waals surface area contributed by atoms with E-state index in [-0.39, 0.29) is 0 Å². The molecule has 0 atom stereocenters. The topological polar surface area (TPSA) is 25.8 Å². The van der Waals surface area contributed by atoms with E-state index in [2.05, 4.69) is 63.7 Å². The van der Waals surface area contributed by atoms with Crippen LogP contribution in [0.1, 0.15) is 0 Å². The van der Waals surface area contributed by atoms with Crippen LogP contribution < -0.4 is 0 Å². The van der Waals surface area contributed by atoms with Crippen LogP contribution in [0, 0.1) is 0 Å². The van der Waals surface area contributed by atoms with Gasteiger partial charge in [-0.2, -0.15) is 0 Å². The molecule has 120 valence electrons. The number of nitrogens with zero attached hydrogens (tertiary/aromatic N) is 2. The summed E-state index contributed by atoms with van der Waals surface area (Å²) in [6.45, 7) is 0. The van der Waals surface area contributed by atoms with Crippen molar-refractivity contribution in [2.24, 2.45) is 0 Å². The lowest BCUT2D eigenvalue weighted by Gasteiger charge is -2.03. The number of fused-ring (bicyclic) bond motifs is 1. The molecule has 4 rings (SSSR count). The van der Waals surface area contributed by atoms with Crippen LogP contribution in [-0.4, -0.2) is 9.97 Å². The molecule has 0 aliphatic heterocycles. The van der Waals surface area contributed by atoms with Crippen molar-refractivity contribution in [3.05, 3.63) is 54.3 Å². The average molecular weight is 610 g/mol. The molecule has 0 fully saturated rings. The van der Waals surface area contributed by atoms with Gasteiger partial charge in [0.05, 0.1) is 0 Å². The molecule has 0 radical (unpaired) electrons. The first-order chi connectivity index (χ1) is 11.5. The molecule has 2 nitrogen and oxygen atoms in total. The molecule has 0 amide bonds. The molecular weight excluding hydrogens is 604 g/mol. The molecule has 4 aromatic rings. The summed E-state index contributed by atoms with van der Waals surface area (Å²) in [5.41, 5.74) is 2.13. The average Bonchev–Trinajstić information content (AvgIpc) is 3.05. The van der Waals surface area contributed by atoms with Crippen LogP contribution in [0.2, 0.25) is 0 Å². The zero-order valence-electron chi connectivity index (χ0n) is 11.7. The third-order valence-electron chi connectivity index (χ3n) is 3.33. The van der Waals surface area contributed by atoms with E-state index in [0.717, 1.165) is 48.7 Å². The number of benzene rings is 2. The molecule has 0 spiro atoms. The third kappa shape index (κ3) is 3.05. The van der Waals surface area contributed by atoms with Crippen LogP contribution in [0.25, 0.3) is 30.8 Å². The minimum Gasteiger partial charge on any atom is -0.223 e. The minimum absolute atomic E-state index is 0.954. The summed E-state index contributed by atoms with van der Waals surface area (Å²) >= 11 is 17.6. The Hall–Kier alpha value is -0.120. The molecule has 0 aliphatic rings. The van der Waals surface area contributed by atoms with E-state index >= 15 is 0 Å². The second kappa shape index (κ2) is 6.89. The lowest BCUT2D eigenvalue weighted by atomic mass is 10.2. The van der Waals surface area contributed by atoms with Crippen LogP contribution in [-0.2, 0) is 0 Å². The highest BCUT2D eigenvalue weighted by molar-refractivity contribution is 9.11. The van der Waals surface area contributed by atoms with E-state index < -0.39 is 0 Å². The molecule has 0 saturated heterocycles. The van der Waals surface area contributed by atoms with Gasteiger partial charge in [0.15, 0.2) is 9.66 Å². The predicted octanol–water partition coefficient (Wildman–Crippen LogP) is 8.14. The van der Waals surface area contributed by atoms with Crippen LogP contribution in [0.15, 0.2) is 54.3 Å². The standard InChI is InChI=1S/C16H6Br4N2S2/c17-7-3-1-4-8(18)11(7)13-21-15-16(23-13)22-14(24-15)12-9(19)5-2-6-10(12)20/h1-6H. The quantitative estimate of drug-likeness (QED) is 0.229. The normalized spacial score (nSPS) is 11.3. The second-order valence-corrected chi connectivity index (χ2v) is 10.2. The first kappa shape index (κ1) is 17.3. The van der Waals surface area contributed by atoms with Crippen LogP contribution in [0.3, 0.4) is 0 Å². The van der Waals surface area contributed by atoms with Gasteiger partial charge in [0.1, 0.15) is 10.0 Å². The number of hydrogen-bond acceptors (Lipinski definition) is 4. The largest absolute Gasteiger partial charge is 0.223 e. The Balaban J connectivity index is 1.85. The van der Waals surface area contributed by atoms with E-state index in [1.54, 1.807) is 22.7 Å². The van der Waals surface area contributed by atoms with Crippen molar-refractivity contribution in [2.75, 3.05) is 0 Å². The Bertz CT molecular complexity index is 918. The van der Waals surface area contributed by atoms with E-state index in [4.69, 9.17) is 9.97 Å².